The van der Waals surface area contributed by atoms with Gasteiger partial charge in [0, 0.05) is 19.6 Å². The smallest absolute Gasteiger partial charge is 0.236 e. The van der Waals surface area contributed by atoms with Crippen molar-refractivity contribution >= 4 is 5.91 Å². The third kappa shape index (κ3) is 4.15. The fourth-order valence-corrected chi connectivity index (χ4v) is 1.92. The Balaban J connectivity index is 2.41. The Morgan fingerprint density at radius 1 is 1.17 bits per heavy atom. The van der Waals surface area contributed by atoms with Gasteiger partial charge < -0.3 is 10.2 Å². The van der Waals surface area contributed by atoms with Gasteiger partial charge in [-0.3, -0.25) is 4.79 Å². The molecule has 1 N–H and O–H groups in total. The Morgan fingerprint density at radius 2 is 1.83 bits per heavy atom. The quantitative estimate of drug-likeness (QED) is 0.837. The molecule has 18 heavy (non-hydrogen) atoms. The predicted octanol–water partition coefficient (Wildman–Crippen LogP) is 2.26. The van der Waals surface area contributed by atoms with Crippen LogP contribution in [0.4, 0.5) is 0 Å². The Morgan fingerprint density at radius 3 is 2.39 bits per heavy atom. The number of amides is 1. The first-order valence-electron chi connectivity index (χ1n) is 6.63. The van der Waals surface area contributed by atoms with Crippen molar-refractivity contribution in [3.8, 4) is 0 Å². The van der Waals surface area contributed by atoms with Crippen molar-refractivity contribution in [3.63, 3.8) is 0 Å². The zero-order chi connectivity index (χ0) is 13.5. The molecule has 0 aliphatic rings. The van der Waals surface area contributed by atoms with E-state index in [0.717, 1.165) is 19.6 Å². The molecule has 0 saturated carbocycles. The zero-order valence-electron chi connectivity index (χ0n) is 11.9. The van der Waals surface area contributed by atoms with E-state index in [1.54, 1.807) is 0 Å². The van der Waals surface area contributed by atoms with Crippen LogP contribution in [0.5, 0.6) is 0 Å². The first kappa shape index (κ1) is 14.7. The van der Waals surface area contributed by atoms with E-state index in [0.29, 0.717) is 6.54 Å². The van der Waals surface area contributed by atoms with Gasteiger partial charge in [0.2, 0.25) is 5.91 Å². The van der Waals surface area contributed by atoms with Crippen LogP contribution < -0.4 is 5.32 Å². The SMILES string of the molecule is CCN(CC)C(=O)CNCc1ccc(C)c(C)c1. The molecule has 0 saturated heterocycles. The molecule has 1 aromatic carbocycles. The topological polar surface area (TPSA) is 32.3 Å². The first-order chi connectivity index (χ1) is 8.58. The molecular weight excluding hydrogens is 224 g/mol. The largest absolute Gasteiger partial charge is 0.342 e. The molecule has 0 aromatic heterocycles. The van der Waals surface area contributed by atoms with E-state index in [1.165, 1.54) is 16.7 Å². The highest BCUT2D eigenvalue weighted by atomic mass is 16.2. The number of carbonyl (C=O) groups excluding carboxylic acids is 1. The highest BCUT2D eigenvalue weighted by molar-refractivity contribution is 5.78. The minimum absolute atomic E-state index is 0.170. The van der Waals surface area contributed by atoms with Crippen LogP contribution in [0.15, 0.2) is 18.2 Å². The normalized spacial score (nSPS) is 10.4. The Labute approximate surface area is 110 Å². The van der Waals surface area contributed by atoms with Gasteiger partial charge in [0.05, 0.1) is 6.54 Å². The summed E-state index contributed by atoms with van der Waals surface area (Å²) >= 11 is 0. The number of hydrogen-bond donors (Lipinski definition) is 1. The predicted molar refractivity (Wildman–Crippen MR) is 75.6 cm³/mol. The van der Waals surface area contributed by atoms with Crippen LogP contribution in [0.2, 0.25) is 0 Å². The lowest BCUT2D eigenvalue weighted by atomic mass is 10.1. The van der Waals surface area contributed by atoms with Gasteiger partial charge in [-0.2, -0.15) is 0 Å². The molecular formula is C15H24N2O. The van der Waals surface area contributed by atoms with Crippen LogP contribution in [0.3, 0.4) is 0 Å². The Hall–Kier alpha value is -1.35. The third-order valence-corrected chi connectivity index (χ3v) is 3.29. The van der Waals surface area contributed by atoms with Crippen molar-refractivity contribution in [3.05, 3.63) is 34.9 Å². The molecule has 0 unspecified atom stereocenters. The molecule has 0 aliphatic carbocycles. The fraction of sp³-hybridized carbons (Fsp3) is 0.533. The number of likely N-dealkylation sites (N-methyl/N-ethyl adjacent to an activating group) is 1. The lowest BCUT2D eigenvalue weighted by molar-refractivity contribution is -0.129. The lowest BCUT2D eigenvalue weighted by Crippen LogP contribution is -2.37. The van der Waals surface area contributed by atoms with Crippen LogP contribution >= 0.6 is 0 Å². The van der Waals surface area contributed by atoms with E-state index in [2.05, 4.69) is 37.4 Å². The maximum atomic E-state index is 11.8. The van der Waals surface area contributed by atoms with Crippen molar-refractivity contribution in [2.75, 3.05) is 19.6 Å². The van der Waals surface area contributed by atoms with Crippen molar-refractivity contribution in [2.24, 2.45) is 0 Å². The number of carbonyl (C=O) groups is 1. The third-order valence-electron chi connectivity index (χ3n) is 3.29. The maximum Gasteiger partial charge on any atom is 0.236 e. The fourth-order valence-electron chi connectivity index (χ4n) is 1.92. The lowest BCUT2D eigenvalue weighted by Gasteiger charge is -2.18. The van der Waals surface area contributed by atoms with Crippen molar-refractivity contribution < 1.29 is 4.79 Å². The summed E-state index contributed by atoms with van der Waals surface area (Å²) in [6, 6.07) is 6.40. The molecule has 3 heteroatoms. The van der Waals surface area contributed by atoms with E-state index < -0.39 is 0 Å². The van der Waals surface area contributed by atoms with E-state index in [1.807, 2.05) is 18.7 Å². The average Bonchev–Trinajstić information content (AvgIpc) is 2.35. The van der Waals surface area contributed by atoms with Gasteiger partial charge in [0.15, 0.2) is 0 Å². The monoisotopic (exact) mass is 248 g/mol. The molecule has 1 aromatic rings. The number of rotatable bonds is 6. The summed E-state index contributed by atoms with van der Waals surface area (Å²) in [5, 5.41) is 3.21. The van der Waals surface area contributed by atoms with Gasteiger partial charge in [-0.05, 0) is 44.4 Å². The van der Waals surface area contributed by atoms with Crippen LogP contribution in [0.25, 0.3) is 0 Å². The molecule has 0 fully saturated rings. The van der Waals surface area contributed by atoms with Crippen LogP contribution in [-0.2, 0) is 11.3 Å². The highest BCUT2D eigenvalue weighted by Gasteiger charge is 2.08. The molecule has 0 radical (unpaired) electrons. The summed E-state index contributed by atoms with van der Waals surface area (Å²) < 4.78 is 0. The molecule has 0 bridgehead atoms. The number of aryl methyl sites for hydroxylation is 2. The Bertz CT molecular complexity index is 397. The highest BCUT2D eigenvalue weighted by Crippen LogP contribution is 2.09. The second-order valence-electron chi connectivity index (χ2n) is 4.59. The van der Waals surface area contributed by atoms with Gasteiger partial charge in [-0.1, -0.05) is 18.2 Å². The molecule has 0 spiro atoms. The summed E-state index contributed by atoms with van der Waals surface area (Å²) in [6.45, 7) is 10.9. The number of nitrogens with zero attached hydrogens (tertiary/aromatic N) is 1. The number of benzene rings is 1. The molecule has 1 rings (SSSR count). The van der Waals surface area contributed by atoms with Gasteiger partial charge in [-0.25, -0.2) is 0 Å². The molecule has 0 aliphatic heterocycles. The van der Waals surface area contributed by atoms with E-state index in [-0.39, 0.29) is 5.91 Å². The summed E-state index contributed by atoms with van der Waals surface area (Å²) in [5.41, 5.74) is 3.83. The summed E-state index contributed by atoms with van der Waals surface area (Å²) in [6.07, 6.45) is 0. The average molecular weight is 248 g/mol. The summed E-state index contributed by atoms with van der Waals surface area (Å²) in [7, 11) is 0. The van der Waals surface area contributed by atoms with Gasteiger partial charge in [0.1, 0.15) is 0 Å². The van der Waals surface area contributed by atoms with Crippen molar-refractivity contribution in [1.82, 2.24) is 10.2 Å². The Kier molecular flexibility index (Phi) is 5.86. The molecule has 1 amide bonds. The van der Waals surface area contributed by atoms with Gasteiger partial charge >= 0.3 is 0 Å². The molecule has 0 atom stereocenters. The van der Waals surface area contributed by atoms with Crippen molar-refractivity contribution in [1.29, 1.82) is 0 Å². The molecule has 3 nitrogen and oxygen atoms in total. The first-order valence-corrected chi connectivity index (χ1v) is 6.63. The van der Waals surface area contributed by atoms with Crippen LogP contribution in [-0.4, -0.2) is 30.4 Å². The van der Waals surface area contributed by atoms with Gasteiger partial charge in [0.25, 0.3) is 0 Å². The van der Waals surface area contributed by atoms with E-state index >= 15 is 0 Å². The summed E-state index contributed by atoms with van der Waals surface area (Å²) in [4.78, 5) is 13.6. The minimum Gasteiger partial charge on any atom is -0.342 e. The van der Waals surface area contributed by atoms with E-state index in [9.17, 15) is 4.79 Å². The minimum atomic E-state index is 0.170. The molecule has 0 heterocycles. The van der Waals surface area contributed by atoms with E-state index in [4.69, 9.17) is 0 Å². The number of hydrogen-bond acceptors (Lipinski definition) is 2. The second kappa shape index (κ2) is 7.17. The summed E-state index contributed by atoms with van der Waals surface area (Å²) in [5.74, 6) is 0.170. The standard InChI is InChI=1S/C15H24N2O/c1-5-17(6-2)15(18)11-16-10-14-8-7-12(3)13(4)9-14/h7-9,16H,5-6,10-11H2,1-4H3. The zero-order valence-corrected chi connectivity index (χ0v) is 11.9. The maximum absolute atomic E-state index is 11.8. The van der Waals surface area contributed by atoms with Gasteiger partial charge in [-0.15, -0.1) is 0 Å². The second-order valence-corrected chi connectivity index (χ2v) is 4.59. The van der Waals surface area contributed by atoms with Crippen LogP contribution in [0, 0.1) is 13.8 Å². The number of nitrogens with one attached hydrogen (secondary N) is 1. The van der Waals surface area contributed by atoms with Crippen molar-refractivity contribution in [2.45, 2.75) is 34.2 Å². The van der Waals surface area contributed by atoms with Crippen LogP contribution in [0.1, 0.15) is 30.5 Å². The molecule has 100 valence electrons.